The lowest BCUT2D eigenvalue weighted by Gasteiger charge is -2.42. The normalized spacial score (nSPS) is 30.1. The molecule has 0 aromatic heterocycles. The van der Waals surface area contributed by atoms with Crippen molar-refractivity contribution in [2.45, 2.75) is 120 Å². The first-order valence-electron chi connectivity index (χ1n) is 18.0. The molecular weight excluding hydrogens is 722 g/mol. The number of likely N-dealkylation sites (N-methyl/N-ethyl adjacent to an activating group) is 1. The highest BCUT2D eigenvalue weighted by Crippen LogP contribution is 2.50. The lowest BCUT2D eigenvalue weighted by Crippen LogP contribution is -2.61. The number of piperidine rings is 1. The van der Waals surface area contributed by atoms with Crippen LogP contribution in [0.25, 0.3) is 0 Å². The Morgan fingerprint density at radius 3 is 2.55 bits per heavy atom. The highest BCUT2D eigenvalue weighted by atomic mass is 35.5. The number of thiol groups is 1. The Labute approximate surface area is 324 Å². The molecule has 2 N–H and O–H groups in total. The van der Waals surface area contributed by atoms with E-state index in [1.807, 2.05) is 39.8 Å². The molecule has 8 atom stereocenters. The Bertz CT molecular complexity index is 1630. The topological polar surface area (TPSA) is 147 Å². The molecular formula is C39H56ClN3O9S. The summed E-state index contributed by atoms with van der Waals surface area (Å²) in [4.78, 5) is 56.8. The van der Waals surface area contributed by atoms with Gasteiger partial charge in [0.25, 0.3) is 0 Å². The highest BCUT2D eigenvalue weighted by Gasteiger charge is 2.64. The van der Waals surface area contributed by atoms with Gasteiger partial charge in [0.2, 0.25) is 17.7 Å². The van der Waals surface area contributed by atoms with Crippen LogP contribution in [0, 0.1) is 11.8 Å². The summed E-state index contributed by atoms with van der Waals surface area (Å²) in [5.74, 6) is -1.94. The van der Waals surface area contributed by atoms with E-state index in [0.29, 0.717) is 24.3 Å². The van der Waals surface area contributed by atoms with Gasteiger partial charge in [0, 0.05) is 45.2 Å². The number of epoxide rings is 1. The van der Waals surface area contributed by atoms with Crippen molar-refractivity contribution in [3.05, 3.63) is 46.5 Å². The van der Waals surface area contributed by atoms with E-state index < -0.39 is 47.6 Å². The molecule has 0 saturated carbocycles. The summed E-state index contributed by atoms with van der Waals surface area (Å²) < 4.78 is 23.4. The molecule has 3 aliphatic rings. The Hall–Kier alpha value is -3.10. The standard InChI is InChI=1S/C39H56ClN3O9S/c1-22-12-11-13-29(50-10)39(48)21-26(19-31(44)41-39)23(2)35-38(6,52-35)30(51-36(47)24(3)42(7)32(45)14-15-37(4,5)53)20-33(46)43(8)27-17-25(16-22)18-28(49-9)34(27)40/h11-13,17-18,23-24,26,29-30,35,48,53H,14-16,19-21H2,1-10H3,(H,41,44). The maximum absolute atomic E-state index is 14.2. The third-order valence-corrected chi connectivity index (χ3v) is 11.5. The molecule has 53 heavy (non-hydrogen) atoms. The zero-order valence-corrected chi connectivity index (χ0v) is 34.2. The summed E-state index contributed by atoms with van der Waals surface area (Å²) in [5.41, 5.74) is -0.650. The molecule has 2 fully saturated rings. The summed E-state index contributed by atoms with van der Waals surface area (Å²) in [6.07, 6.45) is 4.12. The van der Waals surface area contributed by atoms with Crippen molar-refractivity contribution in [1.29, 1.82) is 0 Å². The molecule has 0 radical (unpaired) electrons. The van der Waals surface area contributed by atoms with E-state index in [-0.39, 0.29) is 59.1 Å². The monoisotopic (exact) mass is 777 g/mol. The maximum Gasteiger partial charge on any atom is 0.328 e. The average Bonchev–Trinajstić information content (AvgIpc) is 3.78. The third-order valence-electron chi connectivity index (χ3n) is 10.9. The van der Waals surface area contributed by atoms with Gasteiger partial charge in [-0.15, -0.1) is 0 Å². The first kappa shape index (κ1) is 42.6. The minimum Gasteiger partial charge on any atom is -0.495 e. The van der Waals surface area contributed by atoms with E-state index >= 15 is 0 Å². The predicted octanol–water partition coefficient (Wildman–Crippen LogP) is 5.03. The number of hydrogen-bond acceptors (Lipinski definition) is 10. The first-order chi connectivity index (χ1) is 24.6. The number of methoxy groups -OCH3 is 2. The SMILES string of the molecule is COc1cc2cc(c1Cl)N(C)C(=O)CC(OC(=O)C(C)N(C)C(=O)CCC(C)(C)S)C1(C)OC1C(C)C1CC(=O)NC(O)(C1)C(OC)C=CC=C(C)C2. The molecule has 4 bridgehead atoms. The average molecular weight is 778 g/mol. The number of hydrogen-bond donors (Lipinski definition) is 3. The van der Waals surface area contributed by atoms with E-state index in [0.717, 1.165) is 11.1 Å². The molecule has 0 aliphatic carbocycles. The van der Waals surface area contributed by atoms with Crippen LogP contribution in [0.15, 0.2) is 35.9 Å². The van der Waals surface area contributed by atoms with E-state index in [4.69, 9.17) is 30.5 Å². The number of carbonyl (C=O) groups excluding carboxylic acids is 4. The molecule has 0 spiro atoms. The number of amides is 3. The van der Waals surface area contributed by atoms with Crippen LogP contribution in [-0.4, -0.2) is 102 Å². The van der Waals surface area contributed by atoms with Crippen molar-refractivity contribution in [2.24, 2.45) is 11.8 Å². The first-order valence-corrected chi connectivity index (χ1v) is 18.9. The molecule has 3 aliphatic heterocycles. The van der Waals surface area contributed by atoms with Gasteiger partial charge in [0.15, 0.2) is 5.72 Å². The number of rotatable bonds is 8. The number of benzene rings is 1. The number of fused-ring (bicyclic) bond motifs is 5. The lowest BCUT2D eigenvalue weighted by atomic mass is 9.75. The molecule has 14 heteroatoms. The van der Waals surface area contributed by atoms with Gasteiger partial charge in [0.05, 0.1) is 25.3 Å². The van der Waals surface area contributed by atoms with Crippen molar-refractivity contribution < 1.29 is 43.2 Å². The number of carbonyl (C=O) groups is 4. The van der Waals surface area contributed by atoms with Gasteiger partial charge in [0.1, 0.15) is 34.6 Å². The number of aliphatic hydroxyl groups is 1. The van der Waals surface area contributed by atoms with Gasteiger partial charge in [-0.25, -0.2) is 4.79 Å². The minimum atomic E-state index is -1.70. The summed E-state index contributed by atoms with van der Waals surface area (Å²) >= 11 is 11.3. The number of esters is 1. The van der Waals surface area contributed by atoms with Gasteiger partial charge in [-0.3, -0.25) is 14.4 Å². The van der Waals surface area contributed by atoms with E-state index in [1.54, 1.807) is 46.2 Å². The molecule has 3 amide bonds. The van der Waals surface area contributed by atoms with Crippen molar-refractivity contribution in [2.75, 3.05) is 33.2 Å². The van der Waals surface area contributed by atoms with Crippen LogP contribution in [0.2, 0.25) is 5.02 Å². The second-order valence-corrected chi connectivity index (χ2v) is 17.2. The summed E-state index contributed by atoms with van der Waals surface area (Å²) in [5, 5.41) is 14.8. The number of halogens is 1. The summed E-state index contributed by atoms with van der Waals surface area (Å²) in [7, 11) is 6.11. The molecule has 4 rings (SSSR count). The Morgan fingerprint density at radius 1 is 1.25 bits per heavy atom. The lowest BCUT2D eigenvalue weighted by molar-refractivity contribution is -0.162. The highest BCUT2D eigenvalue weighted by molar-refractivity contribution is 7.81. The van der Waals surface area contributed by atoms with Gasteiger partial charge in [-0.2, -0.15) is 12.6 Å². The Balaban J connectivity index is 1.74. The Kier molecular flexibility index (Phi) is 13.5. The van der Waals surface area contributed by atoms with Crippen LogP contribution >= 0.6 is 24.2 Å². The van der Waals surface area contributed by atoms with Gasteiger partial charge >= 0.3 is 5.97 Å². The van der Waals surface area contributed by atoms with Crippen molar-refractivity contribution in [3.8, 4) is 5.75 Å². The number of nitrogens with one attached hydrogen (secondary N) is 1. The molecule has 8 unspecified atom stereocenters. The maximum atomic E-state index is 14.2. The fourth-order valence-corrected chi connectivity index (χ4v) is 7.67. The number of nitrogens with zero attached hydrogens (tertiary/aromatic N) is 2. The zero-order valence-electron chi connectivity index (χ0n) is 32.5. The van der Waals surface area contributed by atoms with Gasteiger partial charge in [-0.1, -0.05) is 56.2 Å². The molecule has 2 saturated heterocycles. The van der Waals surface area contributed by atoms with Crippen molar-refractivity contribution in [1.82, 2.24) is 10.2 Å². The Morgan fingerprint density at radius 2 is 1.92 bits per heavy atom. The molecule has 1 aromatic rings. The van der Waals surface area contributed by atoms with Crippen LogP contribution in [0.4, 0.5) is 5.69 Å². The van der Waals surface area contributed by atoms with Gasteiger partial charge in [-0.05, 0) is 63.1 Å². The van der Waals surface area contributed by atoms with Crippen LogP contribution in [0.5, 0.6) is 5.75 Å². The number of anilines is 1. The van der Waals surface area contributed by atoms with Crippen LogP contribution < -0.4 is 15.0 Å². The molecule has 3 heterocycles. The minimum absolute atomic E-state index is 0.133. The smallest absolute Gasteiger partial charge is 0.328 e. The molecule has 294 valence electrons. The number of ether oxygens (including phenoxy) is 4. The molecule has 1 aromatic carbocycles. The number of allylic oxidation sites excluding steroid dienone is 3. The van der Waals surface area contributed by atoms with Crippen LogP contribution in [0.1, 0.15) is 79.2 Å². The second-order valence-electron chi connectivity index (χ2n) is 15.7. The predicted molar refractivity (Wildman–Crippen MR) is 206 cm³/mol. The van der Waals surface area contributed by atoms with Crippen molar-refractivity contribution in [3.63, 3.8) is 0 Å². The van der Waals surface area contributed by atoms with Crippen LogP contribution in [0.3, 0.4) is 0 Å². The van der Waals surface area contributed by atoms with E-state index in [1.165, 1.54) is 24.0 Å². The van der Waals surface area contributed by atoms with E-state index in [9.17, 15) is 24.3 Å². The van der Waals surface area contributed by atoms with Crippen molar-refractivity contribution >= 4 is 53.6 Å². The fraction of sp³-hybridized carbons (Fsp3) is 0.641. The molecule has 12 nitrogen and oxygen atoms in total. The third kappa shape index (κ3) is 9.96. The summed E-state index contributed by atoms with van der Waals surface area (Å²) in [6, 6.07) is 2.65. The van der Waals surface area contributed by atoms with Crippen LogP contribution in [-0.2, 0) is 39.8 Å². The fourth-order valence-electron chi connectivity index (χ4n) is 7.25. The second kappa shape index (κ2) is 16.7. The quantitative estimate of drug-likeness (QED) is 0.188. The van der Waals surface area contributed by atoms with Gasteiger partial charge < -0.3 is 39.2 Å². The largest absolute Gasteiger partial charge is 0.495 e. The summed E-state index contributed by atoms with van der Waals surface area (Å²) in [6.45, 7) is 11.0. The van der Waals surface area contributed by atoms with E-state index in [2.05, 4.69) is 17.9 Å². The zero-order chi connectivity index (χ0) is 39.6.